The molecule has 0 aliphatic rings. The van der Waals surface area contributed by atoms with Gasteiger partial charge in [-0.3, -0.25) is 0 Å². The molecule has 1 atom stereocenters. The van der Waals surface area contributed by atoms with Gasteiger partial charge in [-0.15, -0.1) is 0 Å². The fourth-order valence-electron chi connectivity index (χ4n) is 1.53. The van der Waals surface area contributed by atoms with Gasteiger partial charge in [-0.2, -0.15) is 0 Å². The minimum Gasteiger partial charge on any atom is -0.491 e. The molecule has 0 bridgehead atoms. The molecule has 0 aromatic heterocycles. The van der Waals surface area contributed by atoms with Crippen molar-refractivity contribution < 1.29 is 13.9 Å². The Kier molecular flexibility index (Phi) is 6.68. The maximum absolute atomic E-state index is 13.6. The zero-order valence-corrected chi connectivity index (χ0v) is 11.1. The highest BCUT2D eigenvalue weighted by molar-refractivity contribution is 5.30. The third kappa shape index (κ3) is 5.02. The molecule has 0 aliphatic carbocycles. The van der Waals surface area contributed by atoms with Gasteiger partial charge in [-0.05, 0) is 19.4 Å². The number of hydrogen-bond donors (Lipinski definition) is 1. The van der Waals surface area contributed by atoms with Crippen molar-refractivity contribution in [3.63, 3.8) is 0 Å². The van der Waals surface area contributed by atoms with Gasteiger partial charge in [-0.25, -0.2) is 4.39 Å². The lowest BCUT2D eigenvalue weighted by Crippen LogP contribution is -2.09. The van der Waals surface area contributed by atoms with Gasteiger partial charge in [0.2, 0.25) is 0 Å². The van der Waals surface area contributed by atoms with Crippen molar-refractivity contribution in [2.24, 2.45) is 5.73 Å². The Hall–Kier alpha value is -1.13. The summed E-state index contributed by atoms with van der Waals surface area (Å²) in [4.78, 5) is 0. The van der Waals surface area contributed by atoms with E-state index in [-0.39, 0.29) is 11.9 Å². The van der Waals surface area contributed by atoms with E-state index >= 15 is 0 Å². The third-order valence-corrected chi connectivity index (χ3v) is 2.60. The summed E-state index contributed by atoms with van der Waals surface area (Å²) in [5, 5.41) is 0. The standard InChI is InChI=1S/C14H22FNO2/c1-3-4-7-17-8-9-18-12-5-6-13(11(2)16)14(15)10-12/h5-6,10-11H,3-4,7-9,16H2,1-2H3/t11-/m0/s1. The van der Waals surface area contributed by atoms with Crippen LogP contribution in [0.1, 0.15) is 38.3 Å². The summed E-state index contributed by atoms with van der Waals surface area (Å²) in [6.45, 7) is 5.57. The van der Waals surface area contributed by atoms with E-state index in [1.165, 1.54) is 6.07 Å². The molecular weight excluding hydrogens is 233 g/mol. The van der Waals surface area contributed by atoms with E-state index < -0.39 is 0 Å². The highest BCUT2D eigenvalue weighted by Crippen LogP contribution is 2.20. The van der Waals surface area contributed by atoms with Crippen LogP contribution in [0.25, 0.3) is 0 Å². The zero-order chi connectivity index (χ0) is 13.4. The van der Waals surface area contributed by atoms with Gasteiger partial charge in [0.15, 0.2) is 0 Å². The van der Waals surface area contributed by atoms with Gasteiger partial charge in [-0.1, -0.05) is 19.4 Å². The lowest BCUT2D eigenvalue weighted by molar-refractivity contribution is 0.0979. The van der Waals surface area contributed by atoms with E-state index in [2.05, 4.69) is 6.92 Å². The maximum Gasteiger partial charge on any atom is 0.131 e. The van der Waals surface area contributed by atoms with Crippen molar-refractivity contribution in [1.82, 2.24) is 0 Å². The van der Waals surface area contributed by atoms with E-state index in [1.807, 2.05) is 0 Å². The fourth-order valence-corrected chi connectivity index (χ4v) is 1.53. The molecule has 0 radical (unpaired) electrons. The van der Waals surface area contributed by atoms with Crippen molar-refractivity contribution in [3.8, 4) is 5.75 Å². The highest BCUT2D eigenvalue weighted by Gasteiger charge is 2.07. The van der Waals surface area contributed by atoms with Crippen LogP contribution in [0.15, 0.2) is 18.2 Å². The zero-order valence-electron chi connectivity index (χ0n) is 11.1. The van der Waals surface area contributed by atoms with Crippen molar-refractivity contribution in [3.05, 3.63) is 29.6 Å². The lowest BCUT2D eigenvalue weighted by atomic mass is 10.1. The van der Waals surface area contributed by atoms with Crippen LogP contribution < -0.4 is 10.5 Å². The second-order valence-corrected chi connectivity index (χ2v) is 4.29. The summed E-state index contributed by atoms with van der Waals surface area (Å²) >= 11 is 0. The Bertz CT molecular complexity index is 356. The molecule has 1 aromatic rings. The monoisotopic (exact) mass is 255 g/mol. The molecule has 0 spiro atoms. The second-order valence-electron chi connectivity index (χ2n) is 4.29. The summed E-state index contributed by atoms with van der Waals surface area (Å²) in [7, 11) is 0. The summed E-state index contributed by atoms with van der Waals surface area (Å²) in [5.41, 5.74) is 6.13. The molecule has 0 saturated carbocycles. The van der Waals surface area contributed by atoms with Crippen molar-refractivity contribution in [2.45, 2.75) is 32.7 Å². The van der Waals surface area contributed by atoms with Crippen molar-refractivity contribution >= 4 is 0 Å². The number of ether oxygens (including phenoxy) is 2. The highest BCUT2D eigenvalue weighted by atomic mass is 19.1. The molecule has 0 unspecified atom stereocenters. The molecule has 4 heteroatoms. The molecule has 3 nitrogen and oxygen atoms in total. The Balaban J connectivity index is 2.33. The Morgan fingerprint density at radius 3 is 2.67 bits per heavy atom. The van der Waals surface area contributed by atoms with E-state index in [4.69, 9.17) is 15.2 Å². The van der Waals surface area contributed by atoms with Gasteiger partial charge < -0.3 is 15.2 Å². The quantitative estimate of drug-likeness (QED) is 0.726. The van der Waals surface area contributed by atoms with Gasteiger partial charge in [0.1, 0.15) is 18.2 Å². The molecule has 0 saturated heterocycles. The van der Waals surface area contributed by atoms with Crippen molar-refractivity contribution in [1.29, 1.82) is 0 Å². The summed E-state index contributed by atoms with van der Waals surface area (Å²) in [6, 6.07) is 4.45. The average molecular weight is 255 g/mol. The molecule has 0 fully saturated rings. The first-order valence-corrected chi connectivity index (χ1v) is 6.40. The molecule has 0 heterocycles. The van der Waals surface area contributed by atoms with Crippen LogP contribution in [-0.4, -0.2) is 19.8 Å². The number of nitrogens with two attached hydrogens (primary N) is 1. The number of hydrogen-bond acceptors (Lipinski definition) is 3. The molecule has 2 N–H and O–H groups in total. The average Bonchev–Trinajstić information content (AvgIpc) is 2.33. The Labute approximate surface area is 108 Å². The first kappa shape index (κ1) is 14.9. The topological polar surface area (TPSA) is 44.5 Å². The summed E-state index contributed by atoms with van der Waals surface area (Å²) in [6.07, 6.45) is 2.17. The third-order valence-electron chi connectivity index (χ3n) is 2.60. The van der Waals surface area contributed by atoms with Crippen LogP contribution in [0.4, 0.5) is 4.39 Å². The van der Waals surface area contributed by atoms with Crippen LogP contribution in [0.2, 0.25) is 0 Å². The minimum absolute atomic E-state index is 0.309. The Morgan fingerprint density at radius 1 is 1.28 bits per heavy atom. The second kappa shape index (κ2) is 8.06. The van der Waals surface area contributed by atoms with Crippen LogP contribution in [0.5, 0.6) is 5.75 Å². The predicted octanol–water partition coefficient (Wildman–Crippen LogP) is 3.04. The number of benzene rings is 1. The number of rotatable bonds is 8. The molecule has 102 valence electrons. The lowest BCUT2D eigenvalue weighted by Gasteiger charge is -2.10. The first-order valence-electron chi connectivity index (χ1n) is 6.40. The molecule has 0 amide bonds. The maximum atomic E-state index is 13.6. The summed E-state index contributed by atoms with van der Waals surface area (Å²) in [5.74, 6) is 0.186. The van der Waals surface area contributed by atoms with E-state index in [1.54, 1.807) is 19.1 Å². The predicted molar refractivity (Wildman–Crippen MR) is 70.2 cm³/mol. The smallest absolute Gasteiger partial charge is 0.131 e. The van der Waals surface area contributed by atoms with Gasteiger partial charge in [0, 0.05) is 24.3 Å². The molecule has 0 aliphatic heterocycles. The van der Waals surface area contributed by atoms with E-state index in [0.717, 1.165) is 19.4 Å². The number of unbranched alkanes of at least 4 members (excludes halogenated alkanes) is 1. The molecular formula is C14H22FNO2. The Morgan fingerprint density at radius 2 is 2.06 bits per heavy atom. The largest absolute Gasteiger partial charge is 0.491 e. The van der Waals surface area contributed by atoms with Crippen LogP contribution in [0, 0.1) is 5.82 Å². The van der Waals surface area contributed by atoms with Crippen LogP contribution in [-0.2, 0) is 4.74 Å². The fraction of sp³-hybridized carbons (Fsp3) is 0.571. The normalized spacial score (nSPS) is 12.4. The van der Waals surface area contributed by atoms with Crippen molar-refractivity contribution in [2.75, 3.05) is 19.8 Å². The van der Waals surface area contributed by atoms with Gasteiger partial charge in [0.25, 0.3) is 0 Å². The molecule has 18 heavy (non-hydrogen) atoms. The molecule has 1 aromatic carbocycles. The number of halogens is 1. The van der Waals surface area contributed by atoms with E-state index in [9.17, 15) is 4.39 Å². The first-order chi connectivity index (χ1) is 8.65. The summed E-state index contributed by atoms with van der Waals surface area (Å²) < 4.78 is 24.3. The van der Waals surface area contributed by atoms with Crippen LogP contribution in [0.3, 0.4) is 0 Å². The van der Waals surface area contributed by atoms with E-state index in [0.29, 0.717) is 24.5 Å². The molecule has 1 rings (SSSR count). The van der Waals surface area contributed by atoms with Gasteiger partial charge >= 0.3 is 0 Å². The minimum atomic E-state index is -0.325. The van der Waals surface area contributed by atoms with Gasteiger partial charge in [0.05, 0.1) is 6.61 Å². The van der Waals surface area contributed by atoms with Crippen LogP contribution >= 0.6 is 0 Å². The SMILES string of the molecule is CCCCOCCOc1ccc([C@H](C)N)c(F)c1.